The number of carbonyl (C=O) groups is 1. The summed E-state index contributed by atoms with van der Waals surface area (Å²) in [6.45, 7) is 0.676. The van der Waals surface area contributed by atoms with Gasteiger partial charge in [-0.25, -0.2) is 9.18 Å². The predicted molar refractivity (Wildman–Crippen MR) is 91.5 cm³/mol. The summed E-state index contributed by atoms with van der Waals surface area (Å²) in [6, 6.07) is 13.6. The SMILES string of the molecule is O=C(Nc1ccc(Br)cc1)N1CCS[C@H]1c1ccc(F)cc1. The minimum Gasteiger partial charge on any atom is -0.308 e. The average Bonchev–Trinajstić information content (AvgIpc) is 3.00. The van der Waals surface area contributed by atoms with E-state index in [1.54, 1.807) is 28.8 Å². The Balaban J connectivity index is 1.73. The Kier molecular flexibility index (Phi) is 4.69. The second kappa shape index (κ2) is 6.71. The third-order valence-corrected chi connectivity index (χ3v) is 5.19. The lowest BCUT2D eigenvalue weighted by atomic mass is 10.2. The standard InChI is InChI=1S/C16H14BrFN2OS/c17-12-3-7-14(8-4-12)19-16(21)20-9-10-22-15(20)11-1-5-13(18)6-2-11/h1-8,15H,9-10H2,(H,19,21)/t15-/m0/s1. The van der Waals surface area contributed by atoms with Gasteiger partial charge in [0, 0.05) is 22.5 Å². The fraction of sp³-hybridized carbons (Fsp3) is 0.188. The molecule has 2 aromatic carbocycles. The van der Waals surface area contributed by atoms with E-state index in [0.29, 0.717) is 6.54 Å². The molecule has 0 bridgehead atoms. The van der Waals surface area contributed by atoms with E-state index in [0.717, 1.165) is 21.5 Å². The topological polar surface area (TPSA) is 32.3 Å². The van der Waals surface area contributed by atoms with Gasteiger partial charge in [-0.15, -0.1) is 11.8 Å². The first kappa shape index (κ1) is 15.4. The van der Waals surface area contributed by atoms with Gasteiger partial charge in [-0.05, 0) is 42.0 Å². The summed E-state index contributed by atoms with van der Waals surface area (Å²) in [5, 5.41) is 2.83. The molecule has 1 saturated heterocycles. The molecule has 114 valence electrons. The molecule has 0 spiro atoms. The van der Waals surface area contributed by atoms with Crippen molar-refractivity contribution < 1.29 is 9.18 Å². The van der Waals surface area contributed by atoms with Crippen molar-refractivity contribution in [2.45, 2.75) is 5.37 Å². The average molecular weight is 381 g/mol. The highest BCUT2D eigenvalue weighted by Gasteiger charge is 2.30. The fourth-order valence-electron chi connectivity index (χ4n) is 2.31. The molecule has 3 nitrogen and oxygen atoms in total. The molecule has 1 aliphatic heterocycles. The Hall–Kier alpha value is -1.53. The molecule has 2 amide bonds. The molecular formula is C16H14BrFN2OS. The van der Waals surface area contributed by atoms with E-state index >= 15 is 0 Å². The minimum atomic E-state index is -0.266. The molecule has 0 aliphatic carbocycles. The summed E-state index contributed by atoms with van der Waals surface area (Å²) in [5.74, 6) is 0.605. The lowest BCUT2D eigenvalue weighted by Crippen LogP contribution is -2.34. The number of nitrogens with one attached hydrogen (secondary N) is 1. The lowest BCUT2D eigenvalue weighted by molar-refractivity contribution is 0.214. The monoisotopic (exact) mass is 380 g/mol. The summed E-state index contributed by atoms with van der Waals surface area (Å²) < 4.78 is 14.0. The van der Waals surface area contributed by atoms with Gasteiger partial charge in [0.1, 0.15) is 11.2 Å². The number of halogens is 2. The summed E-state index contributed by atoms with van der Waals surface area (Å²) in [7, 11) is 0. The van der Waals surface area contributed by atoms with Gasteiger partial charge in [-0.3, -0.25) is 0 Å². The van der Waals surface area contributed by atoms with Gasteiger partial charge in [-0.1, -0.05) is 28.1 Å². The van der Waals surface area contributed by atoms with Crippen molar-refractivity contribution in [3.8, 4) is 0 Å². The number of thioether (sulfide) groups is 1. The van der Waals surface area contributed by atoms with Crippen molar-refractivity contribution in [3.63, 3.8) is 0 Å². The van der Waals surface area contributed by atoms with Gasteiger partial charge in [0.25, 0.3) is 0 Å². The summed E-state index contributed by atoms with van der Waals surface area (Å²) in [4.78, 5) is 14.2. The summed E-state index contributed by atoms with van der Waals surface area (Å²) in [5.41, 5.74) is 1.69. The van der Waals surface area contributed by atoms with E-state index in [2.05, 4.69) is 21.2 Å². The maximum absolute atomic E-state index is 13.0. The van der Waals surface area contributed by atoms with Crippen molar-refractivity contribution >= 4 is 39.4 Å². The highest BCUT2D eigenvalue weighted by molar-refractivity contribution is 9.10. The number of urea groups is 1. The Morgan fingerprint density at radius 1 is 1.18 bits per heavy atom. The molecule has 1 aliphatic rings. The third kappa shape index (κ3) is 3.44. The summed E-state index contributed by atoms with van der Waals surface area (Å²) in [6.07, 6.45) is 0. The van der Waals surface area contributed by atoms with Gasteiger partial charge in [0.05, 0.1) is 0 Å². The third-order valence-electron chi connectivity index (χ3n) is 3.40. The number of anilines is 1. The molecule has 1 N–H and O–H groups in total. The van der Waals surface area contributed by atoms with E-state index in [1.807, 2.05) is 24.3 Å². The van der Waals surface area contributed by atoms with Crippen LogP contribution in [0.3, 0.4) is 0 Å². The van der Waals surface area contributed by atoms with Crippen LogP contribution in [0.5, 0.6) is 0 Å². The number of benzene rings is 2. The number of hydrogen-bond donors (Lipinski definition) is 1. The zero-order valence-corrected chi connectivity index (χ0v) is 14.0. The zero-order chi connectivity index (χ0) is 15.5. The van der Waals surface area contributed by atoms with Crippen LogP contribution in [0.2, 0.25) is 0 Å². The Bertz CT molecular complexity index is 663. The van der Waals surface area contributed by atoms with E-state index in [9.17, 15) is 9.18 Å². The quantitative estimate of drug-likeness (QED) is 0.805. The lowest BCUT2D eigenvalue weighted by Gasteiger charge is -2.24. The molecule has 1 fully saturated rings. The fourth-order valence-corrected chi connectivity index (χ4v) is 3.83. The van der Waals surface area contributed by atoms with Crippen molar-refractivity contribution in [1.82, 2.24) is 4.90 Å². The second-order valence-corrected chi connectivity index (χ2v) is 7.01. The maximum Gasteiger partial charge on any atom is 0.323 e. The molecule has 1 atom stereocenters. The molecule has 2 aromatic rings. The zero-order valence-electron chi connectivity index (χ0n) is 11.6. The highest BCUT2D eigenvalue weighted by Crippen LogP contribution is 2.38. The molecule has 22 heavy (non-hydrogen) atoms. The predicted octanol–water partition coefficient (Wildman–Crippen LogP) is 4.87. The largest absolute Gasteiger partial charge is 0.323 e. The van der Waals surface area contributed by atoms with Crippen molar-refractivity contribution in [1.29, 1.82) is 0 Å². The molecule has 1 heterocycles. The number of amides is 2. The van der Waals surface area contributed by atoms with Crippen LogP contribution in [0, 0.1) is 5.82 Å². The molecule has 3 rings (SSSR count). The van der Waals surface area contributed by atoms with E-state index in [1.165, 1.54) is 12.1 Å². The van der Waals surface area contributed by atoms with Crippen LogP contribution in [0.1, 0.15) is 10.9 Å². The smallest absolute Gasteiger partial charge is 0.308 e. The number of carbonyl (C=O) groups excluding carboxylic acids is 1. The minimum absolute atomic E-state index is 0.0731. The van der Waals surface area contributed by atoms with Crippen LogP contribution in [0.4, 0.5) is 14.9 Å². The number of hydrogen-bond acceptors (Lipinski definition) is 2. The molecule has 0 unspecified atom stereocenters. The normalized spacial score (nSPS) is 17.5. The molecule has 0 radical (unpaired) electrons. The Morgan fingerprint density at radius 2 is 1.86 bits per heavy atom. The molecule has 0 saturated carbocycles. The van der Waals surface area contributed by atoms with E-state index in [4.69, 9.17) is 0 Å². The number of rotatable bonds is 2. The van der Waals surface area contributed by atoms with Crippen LogP contribution in [0.15, 0.2) is 53.0 Å². The van der Waals surface area contributed by atoms with Crippen LogP contribution < -0.4 is 5.32 Å². The maximum atomic E-state index is 13.0. The first-order valence-corrected chi connectivity index (χ1v) is 8.68. The molecule has 0 aromatic heterocycles. The molecular weight excluding hydrogens is 367 g/mol. The van der Waals surface area contributed by atoms with Gasteiger partial charge >= 0.3 is 6.03 Å². The number of nitrogens with zero attached hydrogens (tertiary/aromatic N) is 1. The van der Waals surface area contributed by atoms with Crippen molar-refractivity contribution in [3.05, 3.63) is 64.4 Å². The molecule has 6 heteroatoms. The van der Waals surface area contributed by atoms with Gasteiger partial charge in [0.15, 0.2) is 0 Å². The highest BCUT2D eigenvalue weighted by atomic mass is 79.9. The van der Waals surface area contributed by atoms with E-state index in [-0.39, 0.29) is 17.2 Å². The summed E-state index contributed by atoms with van der Waals surface area (Å²) >= 11 is 5.05. The Labute approximate surface area is 141 Å². The van der Waals surface area contributed by atoms with Gasteiger partial charge in [-0.2, -0.15) is 0 Å². The van der Waals surface area contributed by atoms with E-state index < -0.39 is 0 Å². The first-order valence-electron chi connectivity index (χ1n) is 6.84. The van der Waals surface area contributed by atoms with Crippen LogP contribution in [0.25, 0.3) is 0 Å². The van der Waals surface area contributed by atoms with Crippen molar-refractivity contribution in [2.24, 2.45) is 0 Å². The van der Waals surface area contributed by atoms with Crippen LogP contribution >= 0.6 is 27.7 Å². The van der Waals surface area contributed by atoms with Gasteiger partial charge in [0.2, 0.25) is 0 Å². The van der Waals surface area contributed by atoms with Crippen LogP contribution in [-0.4, -0.2) is 23.2 Å². The van der Waals surface area contributed by atoms with Gasteiger partial charge < -0.3 is 10.2 Å². The van der Waals surface area contributed by atoms with Crippen LogP contribution in [-0.2, 0) is 0 Å². The second-order valence-electron chi connectivity index (χ2n) is 4.91. The van der Waals surface area contributed by atoms with Crippen molar-refractivity contribution in [2.75, 3.05) is 17.6 Å². The first-order chi connectivity index (χ1) is 10.6. The Morgan fingerprint density at radius 3 is 2.55 bits per heavy atom.